The Bertz CT molecular complexity index is 1140. The van der Waals surface area contributed by atoms with Crippen LogP contribution in [0, 0.1) is 6.92 Å². The summed E-state index contributed by atoms with van der Waals surface area (Å²) >= 11 is 0. The first-order valence-corrected chi connectivity index (χ1v) is 12.7. The van der Waals surface area contributed by atoms with Crippen molar-refractivity contribution in [1.29, 1.82) is 0 Å². The van der Waals surface area contributed by atoms with Gasteiger partial charge in [-0.3, -0.25) is 0 Å². The summed E-state index contributed by atoms with van der Waals surface area (Å²) in [5, 5.41) is 30.6. The van der Waals surface area contributed by atoms with Crippen molar-refractivity contribution in [1.82, 2.24) is 20.5 Å². The fourth-order valence-electron chi connectivity index (χ4n) is 4.67. The number of hydrogen-bond acceptors (Lipinski definition) is 9. The van der Waals surface area contributed by atoms with Gasteiger partial charge in [0.1, 0.15) is 18.5 Å². The normalized spacial score (nSPS) is 14.8. The third-order valence-electron chi connectivity index (χ3n) is 6.54. The van der Waals surface area contributed by atoms with Crippen LogP contribution in [0.5, 0.6) is 11.6 Å². The van der Waals surface area contributed by atoms with Crippen LogP contribution in [0.15, 0.2) is 28.7 Å². The second kappa shape index (κ2) is 12.3. The van der Waals surface area contributed by atoms with Crippen LogP contribution in [0.2, 0.25) is 0 Å². The summed E-state index contributed by atoms with van der Waals surface area (Å²) < 4.78 is 17.5. The minimum atomic E-state index is -0.676. The molecule has 9 heteroatoms. The molecule has 36 heavy (non-hydrogen) atoms. The van der Waals surface area contributed by atoms with Gasteiger partial charge in [0.2, 0.25) is 17.7 Å². The molecular weight excluding hydrogens is 460 g/mol. The predicted molar refractivity (Wildman–Crippen MR) is 136 cm³/mol. The van der Waals surface area contributed by atoms with Crippen LogP contribution in [0.3, 0.4) is 0 Å². The predicted octanol–water partition coefficient (Wildman–Crippen LogP) is 3.66. The quantitative estimate of drug-likeness (QED) is 0.322. The largest absolute Gasteiger partial charge is 0.490 e. The molecule has 3 N–H and O–H groups in total. The lowest BCUT2D eigenvalue weighted by Crippen LogP contribution is -2.33. The Labute approximate surface area is 211 Å². The summed E-state index contributed by atoms with van der Waals surface area (Å²) in [5.74, 6) is 2.60. The van der Waals surface area contributed by atoms with E-state index in [0.717, 1.165) is 53.0 Å². The Hall–Kier alpha value is -3.01. The van der Waals surface area contributed by atoms with Gasteiger partial charge in [0, 0.05) is 41.9 Å². The lowest BCUT2D eigenvalue weighted by molar-refractivity contribution is 0.104. The van der Waals surface area contributed by atoms with E-state index in [4.69, 9.17) is 19.0 Å². The van der Waals surface area contributed by atoms with Crippen molar-refractivity contribution in [2.45, 2.75) is 58.0 Å². The van der Waals surface area contributed by atoms with Crippen LogP contribution < -0.4 is 14.8 Å². The van der Waals surface area contributed by atoms with E-state index in [2.05, 4.69) is 27.4 Å². The minimum absolute atomic E-state index is 0.0297. The van der Waals surface area contributed by atoms with E-state index < -0.39 is 6.10 Å². The van der Waals surface area contributed by atoms with Gasteiger partial charge in [-0.25, -0.2) is 4.98 Å². The zero-order chi connectivity index (χ0) is 25.5. The molecule has 1 aliphatic carbocycles. The summed E-state index contributed by atoms with van der Waals surface area (Å²) in [6, 6.07) is 7.82. The Kier molecular flexibility index (Phi) is 8.90. The van der Waals surface area contributed by atoms with E-state index >= 15 is 0 Å². The Morgan fingerprint density at radius 1 is 1.11 bits per heavy atom. The Morgan fingerprint density at radius 2 is 1.83 bits per heavy atom. The Balaban J connectivity index is 1.54. The van der Waals surface area contributed by atoms with Gasteiger partial charge in [0.05, 0.1) is 13.7 Å². The summed E-state index contributed by atoms with van der Waals surface area (Å²) in [6.07, 6.45) is 4.79. The van der Waals surface area contributed by atoms with E-state index in [1.54, 1.807) is 7.11 Å². The summed E-state index contributed by atoms with van der Waals surface area (Å²) in [5.41, 5.74) is 4.56. The number of rotatable bonds is 12. The number of hydrogen-bond donors (Lipinski definition) is 3. The molecule has 3 aromatic rings. The molecular formula is C27H36N4O5. The first-order chi connectivity index (χ1) is 17.5. The average Bonchev–Trinajstić information content (AvgIpc) is 3.60. The number of aromatic nitrogens is 3. The van der Waals surface area contributed by atoms with E-state index in [1.165, 1.54) is 12.8 Å². The molecule has 0 bridgehead atoms. The van der Waals surface area contributed by atoms with Crippen LogP contribution in [0.25, 0.3) is 22.9 Å². The number of nitrogens with zero attached hydrogens (tertiary/aromatic N) is 3. The SMILES string of the molecule is CCc1cc(-c2nnc(-c3cc(OC)nc(C4CCCC4)c3)o2)cc(C)c1OCC(O)CNCCO. The number of pyridine rings is 1. The van der Waals surface area contributed by atoms with E-state index in [9.17, 15) is 5.11 Å². The number of benzene rings is 1. The molecule has 2 aromatic heterocycles. The molecule has 1 aromatic carbocycles. The second-order valence-corrected chi connectivity index (χ2v) is 9.24. The summed E-state index contributed by atoms with van der Waals surface area (Å²) in [6.45, 7) is 4.99. The molecule has 1 saturated carbocycles. The molecule has 0 spiro atoms. The van der Waals surface area contributed by atoms with Crippen molar-refractivity contribution in [3.8, 4) is 34.5 Å². The molecule has 0 saturated heterocycles. The van der Waals surface area contributed by atoms with Gasteiger partial charge < -0.3 is 29.4 Å². The number of aliphatic hydroxyl groups is 2. The van der Waals surface area contributed by atoms with Crippen molar-refractivity contribution in [2.24, 2.45) is 0 Å². The van der Waals surface area contributed by atoms with Gasteiger partial charge in [-0.2, -0.15) is 0 Å². The fourth-order valence-corrected chi connectivity index (χ4v) is 4.67. The maximum atomic E-state index is 10.1. The number of nitrogens with one attached hydrogen (secondary N) is 1. The lowest BCUT2D eigenvalue weighted by Gasteiger charge is -2.17. The van der Waals surface area contributed by atoms with Crippen LogP contribution in [-0.4, -0.2) is 64.9 Å². The average molecular weight is 497 g/mol. The van der Waals surface area contributed by atoms with Crippen molar-refractivity contribution < 1.29 is 24.1 Å². The van der Waals surface area contributed by atoms with E-state index in [-0.39, 0.29) is 13.2 Å². The van der Waals surface area contributed by atoms with Crippen molar-refractivity contribution >= 4 is 0 Å². The molecule has 2 heterocycles. The van der Waals surface area contributed by atoms with Gasteiger partial charge in [-0.1, -0.05) is 19.8 Å². The Morgan fingerprint density at radius 3 is 2.50 bits per heavy atom. The molecule has 0 radical (unpaired) electrons. The van der Waals surface area contributed by atoms with Crippen LogP contribution in [-0.2, 0) is 6.42 Å². The first-order valence-electron chi connectivity index (χ1n) is 12.7. The first kappa shape index (κ1) is 26.1. The van der Waals surface area contributed by atoms with E-state index in [1.807, 2.05) is 31.2 Å². The van der Waals surface area contributed by atoms with Crippen LogP contribution in [0.4, 0.5) is 0 Å². The van der Waals surface area contributed by atoms with Crippen LogP contribution >= 0.6 is 0 Å². The molecule has 0 aliphatic heterocycles. The number of aliphatic hydroxyl groups excluding tert-OH is 2. The molecule has 1 fully saturated rings. The molecule has 4 rings (SSSR count). The highest BCUT2D eigenvalue weighted by atomic mass is 16.5. The standard InChI is InChI=1S/C27H36N4O5/c1-4-18-12-20(11-17(2)25(18)35-16-22(33)15-28-9-10-32)26-30-31-27(36-26)21-13-23(19-7-5-6-8-19)29-24(14-21)34-3/h11-14,19,22,28,32-33H,4-10,15-16H2,1-3H3. The summed E-state index contributed by atoms with van der Waals surface area (Å²) in [4.78, 5) is 4.66. The number of ether oxygens (including phenoxy) is 2. The van der Waals surface area contributed by atoms with Gasteiger partial charge in [-0.15, -0.1) is 10.2 Å². The lowest BCUT2D eigenvalue weighted by atomic mass is 10.0. The third kappa shape index (κ3) is 6.21. The van der Waals surface area contributed by atoms with Gasteiger partial charge in [-0.05, 0) is 55.5 Å². The molecule has 1 aliphatic rings. The zero-order valence-corrected chi connectivity index (χ0v) is 21.3. The van der Waals surface area contributed by atoms with Crippen molar-refractivity contribution in [3.63, 3.8) is 0 Å². The highest BCUT2D eigenvalue weighted by molar-refractivity contribution is 5.63. The zero-order valence-electron chi connectivity index (χ0n) is 21.3. The molecule has 194 valence electrons. The fraction of sp³-hybridized carbons (Fsp3) is 0.519. The van der Waals surface area contributed by atoms with Crippen molar-refractivity contribution in [2.75, 3.05) is 33.4 Å². The topological polar surface area (TPSA) is 123 Å². The molecule has 1 unspecified atom stereocenters. The third-order valence-corrected chi connectivity index (χ3v) is 6.54. The maximum Gasteiger partial charge on any atom is 0.248 e. The summed E-state index contributed by atoms with van der Waals surface area (Å²) in [7, 11) is 1.62. The molecule has 0 amide bonds. The molecule has 9 nitrogen and oxygen atoms in total. The van der Waals surface area contributed by atoms with Gasteiger partial charge in [0.25, 0.3) is 0 Å². The maximum absolute atomic E-state index is 10.1. The van der Waals surface area contributed by atoms with Gasteiger partial charge >= 0.3 is 0 Å². The highest BCUT2D eigenvalue weighted by Gasteiger charge is 2.22. The highest BCUT2D eigenvalue weighted by Crippen LogP contribution is 2.37. The molecule has 1 atom stereocenters. The number of methoxy groups -OCH3 is 1. The van der Waals surface area contributed by atoms with Gasteiger partial charge in [0.15, 0.2) is 0 Å². The van der Waals surface area contributed by atoms with Crippen LogP contribution in [0.1, 0.15) is 55.3 Å². The van der Waals surface area contributed by atoms with E-state index in [0.29, 0.717) is 36.7 Å². The minimum Gasteiger partial charge on any atom is -0.490 e. The smallest absolute Gasteiger partial charge is 0.248 e. The second-order valence-electron chi connectivity index (χ2n) is 9.24. The monoisotopic (exact) mass is 496 g/mol. The number of aryl methyl sites for hydroxylation is 2. The van der Waals surface area contributed by atoms with Crippen molar-refractivity contribution in [3.05, 3.63) is 41.1 Å².